The van der Waals surface area contributed by atoms with Gasteiger partial charge >= 0.3 is 0 Å². The molecular formula is C19H19ClFNO3. The molecule has 25 heavy (non-hydrogen) atoms. The Hall–Kier alpha value is -2.24. The minimum atomic E-state index is -0.223. The van der Waals surface area contributed by atoms with Crippen LogP contribution in [0.1, 0.15) is 5.56 Å². The zero-order chi connectivity index (χ0) is 16.4. The normalized spacial score (nSPS) is 18.3. The first kappa shape index (κ1) is 17.6. The smallest absolute Gasteiger partial charge is 0.231 e. The minimum Gasteiger partial charge on any atom is -0.489 e. The minimum absolute atomic E-state index is 0. The number of benzene rings is 2. The largest absolute Gasteiger partial charge is 0.489 e. The second-order valence-electron chi connectivity index (χ2n) is 5.85. The maximum absolute atomic E-state index is 13.2. The summed E-state index contributed by atoms with van der Waals surface area (Å²) in [5.74, 6) is 2.17. The molecule has 2 aliphatic rings. The molecule has 2 bridgehead atoms. The van der Waals surface area contributed by atoms with Crippen molar-refractivity contribution in [2.24, 2.45) is 5.92 Å². The summed E-state index contributed by atoms with van der Waals surface area (Å²) in [5.41, 5.74) is 2.22. The Labute approximate surface area is 152 Å². The summed E-state index contributed by atoms with van der Waals surface area (Å²) in [6, 6.07) is 12.2. The van der Waals surface area contributed by atoms with E-state index in [1.54, 1.807) is 0 Å². The van der Waals surface area contributed by atoms with E-state index in [1.165, 1.54) is 17.7 Å². The first-order valence-corrected chi connectivity index (χ1v) is 7.99. The summed E-state index contributed by atoms with van der Waals surface area (Å²) in [5, 5.41) is 3.35. The van der Waals surface area contributed by atoms with Crippen LogP contribution in [0, 0.1) is 11.7 Å². The van der Waals surface area contributed by atoms with Gasteiger partial charge in [-0.3, -0.25) is 0 Å². The first-order chi connectivity index (χ1) is 11.8. The molecule has 2 aromatic rings. The molecule has 2 aliphatic heterocycles. The van der Waals surface area contributed by atoms with E-state index in [2.05, 4.69) is 11.4 Å². The van der Waals surface area contributed by atoms with Crippen LogP contribution in [-0.4, -0.2) is 26.5 Å². The van der Waals surface area contributed by atoms with Gasteiger partial charge < -0.3 is 19.5 Å². The quantitative estimate of drug-likeness (QED) is 0.900. The van der Waals surface area contributed by atoms with Gasteiger partial charge in [-0.2, -0.15) is 0 Å². The maximum Gasteiger partial charge on any atom is 0.231 e. The van der Waals surface area contributed by atoms with Crippen LogP contribution in [-0.2, 0) is 0 Å². The highest BCUT2D eigenvalue weighted by Gasteiger charge is 2.21. The molecule has 6 heteroatoms. The SMILES string of the molecule is Cl.Fc1ccc(C2=CCNCC2COc2ccc3cc2OCO3)cc1. The molecule has 0 amide bonds. The summed E-state index contributed by atoms with van der Waals surface area (Å²) >= 11 is 0. The molecule has 1 unspecified atom stereocenters. The zero-order valence-corrected chi connectivity index (χ0v) is 14.4. The number of ether oxygens (including phenoxy) is 3. The van der Waals surface area contributed by atoms with Gasteiger partial charge in [0.2, 0.25) is 6.79 Å². The van der Waals surface area contributed by atoms with E-state index < -0.39 is 0 Å². The Kier molecular flexibility index (Phi) is 5.46. The molecule has 2 aromatic carbocycles. The fourth-order valence-electron chi connectivity index (χ4n) is 3.02. The van der Waals surface area contributed by atoms with Gasteiger partial charge in [0.05, 0.1) is 6.61 Å². The van der Waals surface area contributed by atoms with Crippen LogP contribution in [0.2, 0.25) is 0 Å². The van der Waals surface area contributed by atoms with Crippen molar-refractivity contribution in [3.63, 3.8) is 0 Å². The lowest BCUT2D eigenvalue weighted by Gasteiger charge is -2.26. The van der Waals surface area contributed by atoms with Crippen molar-refractivity contribution in [1.29, 1.82) is 0 Å². The lowest BCUT2D eigenvalue weighted by atomic mass is 9.90. The van der Waals surface area contributed by atoms with Gasteiger partial charge in [-0.15, -0.1) is 12.4 Å². The van der Waals surface area contributed by atoms with E-state index in [0.717, 1.165) is 24.4 Å². The molecule has 0 spiro atoms. The molecule has 132 valence electrons. The molecule has 2 heterocycles. The fourth-order valence-corrected chi connectivity index (χ4v) is 3.02. The number of nitrogens with one attached hydrogen (secondary N) is 1. The van der Waals surface area contributed by atoms with Crippen LogP contribution in [0.3, 0.4) is 0 Å². The lowest BCUT2D eigenvalue weighted by Crippen LogP contribution is -2.32. The first-order valence-electron chi connectivity index (χ1n) is 7.99. The van der Waals surface area contributed by atoms with Crippen molar-refractivity contribution in [1.82, 2.24) is 5.32 Å². The molecule has 4 nitrogen and oxygen atoms in total. The number of fused-ring (bicyclic) bond motifs is 2. The van der Waals surface area contributed by atoms with Crippen molar-refractivity contribution in [2.45, 2.75) is 0 Å². The molecule has 0 saturated heterocycles. The van der Waals surface area contributed by atoms with Crippen molar-refractivity contribution in [3.8, 4) is 17.2 Å². The lowest BCUT2D eigenvalue weighted by molar-refractivity contribution is 0.0991. The van der Waals surface area contributed by atoms with Gasteiger partial charge in [-0.1, -0.05) is 18.2 Å². The number of hydrogen-bond donors (Lipinski definition) is 1. The summed E-state index contributed by atoms with van der Waals surface area (Å²) < 4.78 is 29.9. The topological polar surface area (TPSA) is 39.7 Å². The Balaban J connectivity index is 0.00000182. The van der Waals surface area contributed by atoms with Crippen molar-refractivity contribution in [3.05, 3.63) is 59.9 Å². The van der Waals surface area contributed by atoms with Crippen LogP contribution in [0.25, 0.3) is 5.57 Å². The standard InChI is InChI=1S/C19H18FNO3.ClH/c20-15-3-1-13(2-4-15)17-7-8-21-10-14(17)11-22-18-6-5-16-9-19(18)24-12-23-16;/h1-7,9,14,21H,8,10-12H2;1H. The van der Waals surface area contributed by atoms with E-state index in [-0.39, 0.29) is 30.9 Å². The van der Waals surface area contributed by atoms with E-state index in [1.807, 2.05) is 30.3 Å². The van der Waals surface area contributed by atoms with E-state index in [0.29, 0.717) is 18.1 Å². The summed E-state index contributed by atoms with van der Waals surface area (Å²) in [6.07, 6.45) is 2.14. The summed E-state index contributed by atoms with van der Waals surface area (Å²) in [4.78, 5) is 0. The van der Waals surface area contributed by atoms with E-state index in [4.69, 9.17) is 14.2 Å². The third-order valence-corrected chi connectivity index (χ3v) is 4.27. The highest BCUT2D eigenvalue weighted by Crippen LogP contribution is 2.35. The molecule has 1 atom stereocenters. The average Bonchev–Trinajstić information content (AvgIpc) is 2.62. The predicted octanol–water partition coefficient (Wildman–Crippen LogP) is 3.66. The van der Waals surface area contributed by atoms with Gasteiger partial charge in [-0.05, 0) is 35.4 Å². The van der Waals surface area contributed by atoms with Crippen molar-refractivity contribution >= 4 is 18.0 Å². The number of halogens is 2. The molecule has 0 aliphatic carbocycles. The third kappa shape index (κ3) is 3.89. The second-order valence-corrected chi connectivity index (χ2v) is 5.85. The van der Waals surface area contributed by atoms with E-state index in [9.17, 15) is 4.39 Å². The van der Waals surface area contributed by atoms with Crippen LogP contribution in [0.5, 0.6) is 17.2 Å². The van der Waals surface area contributed by atoms with Gasteiger partial charge in [0.1, 0.15) is 11.6 Å². The van der Waals surface area contributed by atoms with Crippen LogP contribution in [0.15, 0.2) is 48.5 Å². The van der Waals surface area contributed by atoms with Crippen LogP contribution < -0.4 is 19.5 Å². The Morgan fingerprint density at radius 2 is 1.96 bits per heavy atom. The predicted molar refractivity (Wildman–Crippen MR) is 96.0 cm³/mol. The average molecular weight is 364 g/mol. The maximum atomic E-state index is 13.2. The Morgan fingerprint density at radius 3 is 2.80 bits per heavy atom. The van der Waals surface area contributed by atoms with Gasteiger partial charge in [0.15, 0.2) is 11.5 Å². The number of hydrogen-bond acceptors (Lipinski definition) is 4. The summed E-state index contributed by atoms with van der Waals surface area (Å²) in [6.45, 7) is 2.36. The highest BCUT2D eigenvalue weighted by atomic mass is 35.5. The van der Waals surface area contributed by atoms with Gasteiger partial charge in [0, 0.05) is 25.1 Å². The molecule has 1 N–H and O–H groups in total. The van der Waals surface area contributed by atoms with Gasteiger partial charge in [-0.25, -0.2) is 4.39 Å². The van der Waals surface area contributed by atoms with Crippen LogP contribution >= 0.6 is 12.4 Å². The van der Waals surface area contributed by atoms with Crippen molar-refractivity contribution < 1.29 is 18.6 Å². The summed E-state index contributed by atoms with van der Waals surface area (Å²) in [7, 11) is 0. The van der Waals surface area contributed by atoms with Crippen molar-refractivity contribution in [2.75, 3.05) is 26.5 Å². The second kappa shape index (κ2) is 7.76. The fraction of sp³-hybridized carbons (Fsp3) is 0.263. The Bertz CT molecular complexity index is 764. The third-order valence-electron chi connectivity index (χ3n) is 4.27. The Morgan fingerprint density at radius 1 is 1.12 bits per heavy atom. The molecule has 4 rings (SSSR count). The molecule has 0 saturated carbocycles. The van der Waals surface area contributed by atoms with Gasteiger partial charge in [0.25, 0.3) is 0 Å². The monoisotopic (exact) mass is 363 g/mol. The van der Waals surface area contributed by atoms with Crippen LogP contribution in [0.4, 0.5) is 4.39 Å². The highest BCUT2D eigenvalue weighted by molar-refractivity contribution is 5.85. The molecular weight excluding hydrogens is 345 g/mol. The molecule has 0 radical (unpaired) electrons. The zero-order valence-electron chi connectivity index (χ0n) is 13.5. The molecule has 0 aromatic heterocycles. The van der Waals surface area contributed by atoms with E-state index >= 15 is 0 Å². The molecule has 0 fully saturated rings. The number of rotatable bonds is 4.